The number of aryl methyl sites for hydroxylation is 1. The monoisotopic (exact) mass is 322 g/mol. The van der Waals surface area contributed by atoms with Crippen molar-refractivity contribution in [2.45, 2.75) is 6.92 Å². The molecular weight excluding hydrogens is 312 g/mol. The molecule has 0 atom stereocenters. The minimum absolute atomic E-state index is 0.0923. The van der Waals surface area contributed by atoms with Crippen LogP contribution in [-0.4, -0.2) is 16.0 Å². The van der Waals surface area contributed by atoms with E-state index in [0.29, 0.717) is 5.69 Å². The zero-order valence-electron chi connectivity index (χ0n) is 10.0. The Morgan fingerprint density at radius 3 is 2.74 bits per heavy atom. The Labute approximate surface area is 117 Å². The maximum absolute atomic E-state index is 12.0. The lowest BCUT2D eigenvalue weighted by Gasteiger charge is -2.08. The van der Waals surface area contributed by atoms with Gasteiger partial charge in [0.2, 0.25) is 0 Å². The number of hydrogen-bond acceptors (Lipinski definition) is 3. The fourth-order valence-corrected chi connectivity index (χ4v) is 1.93. The van der Waals surface area contributed by atoms with E-state index in [9.17, 15) is 14.7 Å². The van der Waals surface area contributed by atoms with Crippen LogP contribution in [0.1, 0.15) is 15.9 Å². The highest BCUT2D eigenvalue weighted by molar-refractivity contribution is 9.10. The Balaban J connectivity index is 2.30. The third kappa shape index (κ3) is 3.23. The minimum atomic E-state index is -0.534. The number of carbonyl (C=O) groups excluding carboxylic acids is 1. The predicted octanol–water partition coefficient (Wildman–Crippen LogP) is 2.40. The van der Waals surface area contributed by atoms with Gasteiger partial charge >= 0.3 is 0 Å². The molecule has 3 N–H and O–H groups in total. The molecule has 0 unspecified atom stereocenters. The quantitative estimate of drug-likeness (QED) is 0.794. The fraction of sp³-hybridized carbons (Fsp3) is 0.0769. The van der Waals surface area contributed by atoms with Crippen LogP contribution in [0.4, 0.5) is 5.69 Å². The summed E-state index contributed by atoms with van der Waals surface area (Å²) < 4.78 is 0.737. The molecule has 1 amide bonds. The first-order chi connectivity index (χ1) is 8.95. The molecule has 0 bridgehead atoms. The van der Waals surface area contributed by atoms with Crippen molar-refractivity contribution in [3.63, 3.8) is 0 Å². The van der Waals surface area contributed by atoms with Gasteiger partial charge in [-0.25, -0.2) is 0 Å². The number of carbonyl (C=O) groups is 1. The first-order valence-corrected chi connectivity index (χ1v) is 6.26. The van der Waals surface area contributed by atoms with Gasteiger partial charge in [-0.15, -0.1) is 0 Å². The SMILES string of the molecule is Cc1ccc(Br)c(NC(=O)c2cc(O)[nH]c(=O)c2)c1. The molecule has 0 aliphatic rings. The van der Waals surface area contributed by atoms with E-state index in [1.165, 1.54) is 6.07 Å². The van der Waals surface area contributed by atoms with Gasteiger partial charge in [-0.05, 0) is 40.5 Å². The topological polar surface area (TPSA) is 82.2 Å². The summed E-state index contributed by atoms with van der Waals surface area (Å²) in [5.74, 6) is -0.811. The van der Waals surface area contributed by atoms with E-state index in [4.69, 9.17) is 0 Å². The van der Waals surface area contributed by atoms with Gasteiger partial charge in [-0.1, -0.05) is 6.07 Å². The van der Waals surface area contributed by atoms with Crippen LogP contribution in [0.2, 0.25) is 0 Å². The molecular formula is C13H11BrN2O3. The van der Waals surface area contributed by atoms with Crippen LogP contribution in [0.15, 0.2) is 39.6 Å². The van der Waals surface area contributed by atoms with Crippen molar-refractivity contribution in [3.8, 4) is 5.88 Å². The van der Waals surface area contributed by atoms with Crippen LogP contribution < -0.4 is 10.9 Å². The van der Waals surface area contributed by atoms with E-state index < -0.39 is 11.5 Å². The van der Waals surface area contributed by atoms with Gasteiger partial charge in [-0.2, -0.15) is 0 Å². The van der Waals surface area contributed by atoms with Crippen LogP contribution in [0.5, 0.6) is 5.88 Å². The standard InChI is InChI=1S/C13H11BrN2O3/c1-7-2-3-9(14)10(4-7)15-13(19)8-5-11(17)16-12(18)6-8/h2-6H,1H3,(H,15,19)(H2,16,17,18). The average molecular weight is 323 g/mol. The zero-order chi connectivity index (χ0) is 14.0. The summed E-state index contributed by atoms with van der Waals surface area (Å²) in [5, 5.41) is 11.9. The molecule has 0 spiro atoms. The Morgan fingerprint density at radius 1 is 1.32 bits per heavy atom. The lowest BCUT2D eigenvalue weighted by atomic mass is 10.2. The summed E-state index contributed by atoms with van der Waals surface area (Å²) >= 11 is 3.33. The molecule has 5 nitrogen and oxygen atoms in total. The van der Waals surface area contributed by atoms with Gasteiger partial charge in [0, 0.05) is 16.6 Å². The van der Waals surface area contributed by atoms with Crippen molar-refractivity contribution < 1.29 is 9.90 Å². The maximum Gasteiger partial charge on any atom is 0.256 e. The van der Waals surface area contributed by atoms with Gasteiger partial charge < -0.3 is 10.4 Å². The van der Waals surface area contributed by atoms with Gasteiger partial charge in [0.1, 0.15) is 0 Å². The average Bonchev–Trinajstić information content (AvgIpc) is 2.32. The minimum Gasteiger partial charge on any atom is -0.494 e. The lowest BCUT2D eigenvalue weighted by molar-refractivity contribution is 0.102. The molecule has 2 rings (SSSR count). The van der Waals surface area contributed by atoms with E-state index in [-0.39, 0.29) is 11.4 Å². The summed E-state index contributed by atoms with van der Waals surface area (Å²) in [4.78, 5) is 25.3. The van der Waals surface area contributed by atoms with Crippen LogP contribution >= 0.6 is 15.9 Å². The summed E-state index contributed by atoms with van der Waals surface area (Å²) in [6, 6.07) is 7.84. The highest BCUT2D eigenvalue weighted by atomic mass is 79.9. The van der Waals surface area contributed by atoms with E-state index in [1.54, 1.807) is 6.07 Å². The van der Waals surface area contributed by atoms with Crippen molar-refractivity contribution in [2.24, 2.45) is 0 Å². The Morgan fingerprint density at radius 2 is 2.05 bits per heavy atom. The summed E-state index contributed by atoms with van der Waals surface area (Å²) in [5.41, 5.74) is 1.15. The molecule has 98 valence electrons. The second-order valence-corrected chi connectivity index (χ2v) is 4.91. The van der Waals surface area contributed by atoms with Crippen LogP contribution in [-0.2, 0) is 0 Å². The third-order valence-corrected chi connectivity index (χ3v) is 3.15. The predicted molar refractivity (Wildman–Crippen MR) is 75.6 cm³/mol. The van der Waals surface area contributed by atoms with E-state index in [0.717, 1.165) is 16.1 Å². The number of H-pyrrole nitrogens is 1. The molecule has 0 saturated carbocycles. The molecule has 1 heterocycles. The number of amides is 1. The number of benzene rings is 1. The summed E-state index contributed by atoms with van der Waals surface area (Å²) in [7, 11) is 0. The lowest BCUT2D eigenvalue weighted by Crippen LogP contribution is -2.16. The largest absolute Gasteiger partial charge is 0.494 e. The van der Waals surface area contributed by atoms with E-state index >= 15 is 0 Å². The number of hydrogen-bond donors (Lipinski definition) is 3. The first-order valence-electron chi connectivity index (χ1n) is 5.46. The van der Waals surface area contributed by atoms with Gasteiger partial charge in [0.15, 0.2) is 5.88 Å². The Hall–Kier alpha value is -2.08. The zero-order valence-corrected chi connectivity index (χ0v) is 11.6. The third-order valence-electron chi connectivity index (χ3n) is 2.46. The van der Waals surface area contributed by atoms with E-state index in [1.807, 2.05) is 19.1 Å². The number of nitrogens with one attached hydrogen (secondary N) is 2. The normalized spacial score (nSPS) is 10.2. The van der Waals surface area contributed by atoms with Crippen molar-refractivity contribution in [2.75, 3.05) is 5.32 Å². The first kappa shape index (κ1) is 13.4. The number of aromatic amines is 1. The maximum atomic E-state index is 12.0. The number of rotatable bonds is 2. The number of halogens is 1. The van der Waals surface area contributed by atoms with E-state index in [2.05, 4.69) is 26.2 Å². The van der Waals surface area contributed by atoms with Gasteiger partial charge in [0.05, 0.1) is 11.3 Å². The molecule has 19 heavy (non-hydrogen) atoms. The number of pyridine rings is 1. The molecule has 0 aliphatic carbocycles. The van der Waals surface area contributed by atoms with Crippen LogP contribution in [0, 0.1) is 6.92 Å². The second kappa shape index (κ2) is 5.27. The molecule has 2 aromatic rings. The smallest absolute Gasteiger partial charge is 0.256 e. The van der Waals surface area contributed by atoms with Crippen molar-refractivity contribution >= 4 is 27.5 Å². The molecule has 0 radical (unpaired) electrons. The number of aromatic hydroxyl groups is 1. The molecule has 1 aromatic carbocycles. The van der Waals surface area contributed by atoms with Gasteiger partial charge in [-0.3, -0.25) is 14.6 Å². The molecule has 0 saturated heterocycles. The highest BCUT2D eigenvalue weighted by Crippen LogP contribution is 2.24. The van der Waals surface area contributed by atoms with Gasteiger partial charge in [0.25, 0.3) is 11.5 Å². The summed E-state index contributed by atoms with van der Waals surface area (Å²) in [6.07, 6.45) is 0. The number of aromatic nitrogens is 1. The second-order valence-electron chi connectivity index (χ2n) is 4.06. The van der Waals surface area contributed by atoms with Crippen LogP contribution in [0.3, 0.4) is 0 Å². The molecule has 1 aromatic heterocycles. The van der Waals surface area contributed by atoms with Crippen molar-refractivity contribution in [1.29, 1.82) is 0 Å². The van der Waals surface area contributed by atoms with Crippen molar-refractivity contribution in [1.82, 2.24) is 4.98 Å². The number of anilines is 1. The molecule has 0 aliphatic heterocycles. The highest BCUT2D eigenvalue weighted by Gasteiger charge is 2.10. The van der Waals surface area contributed by atoms with Crippen LogP contribution in [0.25, 0.3) is 0 Å². The van der Waals surface area contributed by atoms with Crippen molar-refractivity contribution in [3.05, 3.63) is 56.3 Å². The molecule has 0 fully saturated rings. The Bertz CT molecular complexity index is 695. The Kier molecular flexibility index (Phi) is 3.71. The fourth-order valence-electron chi connectivity index (χ4n) is 1.59. The summed E-state index contributed by atoms with van der Waals surface area (Å²) in [6.45, 7) is 1.90. The molecule has 6 heteroatoms.